The van der Waals surface area contributed by atoms with E-state index in [1.807, 2.05) is 17.5 Å². The number of amides is 2. The molecule has 0 radical (unpaired) electrons. The van der Waals surface area contributed by atoms with Crippen molar-refractivity contribution in [2.24, 2.45) is 5.92 Å². The van der Waals surface area contributed by atoms with Crippen molar-refractivity contribution in [3.8, 4) is 0 Å². The van der Waals surface area contributed by atoms with E-state index in [2.05, 4.69) is 17.6 Å². The van der Waals surface area contributed by atoms with E-state index >= 15 is 0 Å². The molecular weight excluding hydrogens is 300 g/mol. The summed E-state index contributed by atoms with van der Waals surface area (Å²) in [5, 5.41) is 17.2. The third-order valence-corrected chi connectivity index (χ3v) is 5.05. The van der Waals surface area contributed by atoms with Crippen LogP contribution in [0.5, 0.6) is 0 Å². The summed E-state index contributed by atoms with van der Waals surface area (Å²) in [5.74, 6) is 0.614. The number of aliphatic hydroxyl groups excluding tert-OH is 1. The highest BCUT2D eigenvalue weighted by Crippen LogP contribution is 2.25. The van der Waals surface area contributed by atoms with E-state index in [0.717, 1.165) is 11.3 Å². The average molecular weight is 326 g/mol. The molecule has 3 N–H and O–H groups in total. The van der Waals surface area contributed by atoms with E-state index in [0.29, 0.717) is 25.2 Å². The topological polar surface area (TPSA) is 70.6 Å². The lowest BCUT2D eigenvalue weighted by molar-refractivity contribution is -0.00244. The van der Waals surface area contributed by atoms with Gasteiger partial charge in [-0.1, -0.05) is 25.8 Å². The molecule has 1 fully saturated rings. The Balaban J connectivity index is 1.54. The average Bonchev–Trinajstić information content (AvgIpc) is 3.05. The molecule has 0 aromatic carbocycles. The van der Waals surface area contributed by atoms with Gasteiger partial charge in [0.25, 0.3) is 0 Å². The van der Waals surface area contributed by atoms with Gasteiger partial charge < -0.3 is 20.5 Å². The van der Waals surface area contributed by atoms with Gasteiger partial charge in [-0.05, 0) is 30.2 Å². The standard InChI is InChI=1S/C16H26N2O3S/c1-12-5-2-3-6-14(12)21-9-8-17-16(20)18-11-13(19)15-7-4-10-22-15/h4,7,10,12-14,19H,2-3,5-6,8-9,11H2,1H3,(H2,17,18,20)/t12-,13-,14+/m0/s1. The smallest absolute Gasteiger partial charge is 0.314 e. The quantitative estimate of drug-likeness (QED) is 0.675. The third kappa shape index (κ3) is 5.59. The fourth-order valence-electron chi connectivity index (χ4n) is 2.74. The summed E-state index contributed by atoms with van der Waals surface area (Å²) in [6, 6.07) is 3.47. The minimum Gasteiger partial charge on any atom is -0.386 e. The highest BCUT2D eigenvalue weighted by Gasteiger charge is 2.21. The van der Waals surface area contributed by atoms with E-state index in [4.69, 9.17) is 4.74 Å². The Labute approximate surface area is 136 Å². The van der Waals surface area contributed by atoms with Gasteiger partial charge in [-0.3, -0.25) is 0 Å². The van der Waals surface area contributed by atoms with Crippen molar-refractivity contribution in [1.29, 1.82) is 0 Å². The number of hydrogen-bond acceptors (Lipinski definition) is 4. The molecule has 1 aromatic heterocycles. The molecule has 22 heavy (non-hydrogen) atoms. The number of carbonyl (C=O) groups excluding carboxylic acids is 1. The van der Waals surface area contributed by atoms with Crippen LogP contribution in [0.4, 0.5) is 4.79 Å². The summed E-state index contributed by atoms with van der Waals surface area (Å²) in [6.45, 7) is 3.48. The number of ether oxygens (including phenoxy) is 1. The maximum absolute atomic E-state index is 11.6. The van der Waals surface area contributed by atoms with Gasteiger partial charge in [-0.2, -0.15) is 0 Å². The summed E-state index contributed by atoms with van der Waals surface area (Å²) < 4.78 is 5.84. The second kappa shape index (κ2) is 9.12. The first-order valence-electron chi connectivity index (χ1n) is 8.01. The minimum atomic E-state index is -0.648. The van der Waals surface area contributed by atoms with E-state index in [1.165, 1.54) is 30.6 Å². The predicted molar refractivity (Wildman–Crippen MR) is 88.1 cm³/mol. The lowest BCUT2D eigenvalue weighted by atomic mass is 9.88. The maximum Gasteiger partial charge on any atom is 0.314 e. The van der Waals surface area contributed by atoms with Gasteiger partial charge in [-0.15, -0.1) is 11.3 Å². The maximum atomic E-state index is 11.6. The molecule has 2 amide bonds. The number of nitrogens with one attached hydrogen (secondary N) is 2. The first kappa shape index (κ1) is 17.2. The van der Waals surface area contributed by atoms with Gasteiger partial charge in [0.15, 0.2) is 0 Å². The van der Waals surface area contributed by atoms with Crippen LogP contribution in [0.15, 0.2) is 17.5 Å². The van der Waals surface area contributed by atoms with Crippen molar-refractivity contribution in [1.82, 2.24) is 10.6 Å². The Hall–Kier alpha value is -1.11. The second-order valence-electron chi connectivity index (χ2n) is 5.84. The Morgan fingerprint density at radius 2 is 2.27 bits per heavy atom. The highest BCUT2D eigenvalue weighted by atomic mass is 32.1. The Kier molecular flexibility index (Phi) is 7.15. The lowest BCUT2D eigenvalue weighted by Crippen LogP contribution is -2.40. The fraction of sp³-hybridized carbons (Fsp3) is 0.688. The van der Waals surface area contributed by atoms with Gasteiger partial charge in [0, 0.05) is 11.4 Å². The first-order chi connectivity index (χ1) is 10.7. The zero-order chi connectivity index (χ0) is 15.8. The molecule has 5 nitrogen and oxygen atoms in total. The van der Waals surface area contributed by atoms with E-state index < -0.39 is 6.10 Å². The van der Waals surface area contributed by atoms with Gasteiger partial charge in [0.1, 0.15) is 6.10 Å². The zero-order valence-electron chi connectivity index (χ0n) is 13.1. The first-order valence-corrected chi connectivity index (χ1v) is 8.89. The summed E-state index contributed by atoms with van der Waals surface area (Å²) >= 11 is 1.48. The Morgan fingerprint density at radius 1 is 1.45 bits per heavy atom. The summed E-state index contributed by atoms with van der Waals surface area (Å²) in [4.78, 5) is 12.5. The van der Waals surface area contributed by atoms with E-state index in [9.17, 15) is 9.90 Å². The van der Waals surface area contributed by atoms with Crippen LogP contribution in [0.25, 0.3) is 0 Å². The molecule has 124 valence electrons. The molecule has 0 bridgehead atoms. The second-order valence-corrected chi connectivity index (χ2v) is 6.82. The van der Waals surface area contributed by atoms with Crippen LogP contribution in [-0.4, -0.2) is 36.9 Å². The van der Waals surface area contributed by atoms with Gasteiger partial charge in [-0.25, -0.2) is 4.79 Å². The van der Waals surface area contributed by atoms with Crippen molar-refractivity contribution in [3.63, 3.8) is 0 Å². The SMILES string of the molecule is C[C@H]1CCCC[C@H]1OCCNC(=O)NC[C@H](O)c1cccs1. The van der Waals surface area contributed by atoms with Crippen LogP contribution < -0.4 is 10.6 Å². The van der Waals surface area contributed by atoms with Crippen molar-refractivity contribution in [2.45, 2.75) is 44.8 Å². The van der Waals surface area contributed by atoms with Gasteiger partial charge in [0.2, 0.25) is 0 Å². The van der Waals surface area contributed by atoms with Gasteiger partial charge in [0.05, 0.1) is 19.3 Å². The van der Waals surface area contributed by atoms with Crippen LogP contribution >= 0.6 is 11.3 Å². The molecule has 0 unspecified atom stereocenters. The van der Waals surface area contributed by atoms with E-state index in [-0.39, 0.29) is 12.6 Å². The molecule has 6 heteroatoms. The molecule has 1 saturated carbocycles. The number of aliphatic hydroxyl groups is 1. The van der Waals surface area contributed by atoms with Crippen LogP contribution in [0, 0.1) is 5.92 Å². The highest BCUT2D eigenvalue weighted by molar-refractivity contribution is 7.10. The normalized spacial score (nSPS) is 23.0. The minimum absolute atomic E-state index is 0.215. The molecular formula is C16H26N2O3S. The zero-order valence-corrected chi connectivity index (χ0v) is 13.9. The summed E-state index contributed by atoms with van der Waals surface area (Å²) in [6.07, 6.45) is 4.58. The fourth-order valence-corrected chi connectivity index (χ4v) is 3.45. The molecule has 0 spiro atoms. The molecule has 1 aliphatic carbocycles. The molecule has 1 aromatic rings. The molecule has 3 atom stereocenters. The number of hydrogen-bond donors (Lipinski definition) is 3. The number of carbonyl (C=O) groups is 1. The predicted octanol–water partition coefficient (Wildman–Crippen LogP) is 2.68. The van der Waals surface area contributed by atoms with Gasteiger partial charge >= 0.3 is 6.03 Å². The van der Waals surface area contributed by atoms with Crippen LogP contribution in [0.1, 0.15) is 43.6 Å². The molecule has 0 saturated heterocycles. The lowest BCUT2D eigenvalue weighted by Gasteiger charge is -2.28. The van der Waals surface area contributed by atoms with Crippen molar-refractivity contribution >= 4 is 17.4 Å². The van der Waals surface area contributed by atoms with Crippen LogP contribution in [0.2, 0.25) is 0 Å². The van der Waals surface area contributed by atoms with Crippen LogP contribution in [-0.2, 0) is 4.74 Å². The summed E-state index contributed by atoms with van der Waals surface area (Å²) in [7, 11) is 0. The number of urea groups is 1. The monoisotopic (exact) mass is 326 g/mol. The summed E-state index contributed by atoms with van der Waals surface area (Å²) in [5.41, 5.74) is 0. The van der Waals surface area contributed by atoms with Crippen LogP contribution in [0.3, 0.4) is 0 Å². The molecule has 0 aliphatic heterocycles. The van der Waals surface area contributed by atoms with Crippen molar-refractivity contribution in [3.05, 3.63) is 22.4 Å². The Bertz CT molecular complexity index is 439. The Morgan fingerprint density at radius 3 is 3.00 bits per heavy atom. The van der Waals surface area contributed by atoms with Crippen molar-refractivity contribution < 1.29 is 14.6 Å². The third-order valence-electron chi connectivity index (χ3n) is 4.08. The largest absolute Gasteiger partial charge is 0.386 e. The molecule has 1 aliphatic rings. The number of thiophene rings is 1. The van der Waals surface area contributed by atoms with E-state index in [1.54, 1.807) is 0 Å². The molecule has 1 heterocycles. The molecule has 2 rings (SSSR count). The number of rotatable bonds is 7. The van der Waals surface area contributed by atoms with Crippen molar-refractivity contribution in [2.75, 3.05) is 19.7 Å².